The molecule has 3 aliphatic rings. The fourth-order valence-electron chi connectivity index (χ4n) is 3.45. The van der Waals surface area contributed by atoms with Crippen molar-refractivity contribution < 1.29 is 14.4 Å². The van der Waals surface area contributed by atoms with E-state index in [0.29, 0.717) is 38.5 Å². The van der Waals surface area contributed by atoms with Gasteiger partial charge in [0.2, 0.25) is 0 Å². The van der Waals surface area contributed by atoms with Gasteiger partial charge in [-0.05, 0) is 32.1 Å². The molecule has 0 atom stereocenters. The van der Waals surface area contributed by atoms with Crippen LogP contribution in [0.15, 0.2) is 0 Å². The van der Waals surface area contributed by atoms with Gasteiger partial charge in [0.25, 0.3) is 5.91 Å². The minimum Gasteiger partial charge on any atom is -0.308 e. The number of rotatable bonds is 2. The van der Waals surface area contributed by atoms with E-state index in [2.05, 4.69) is 11.4 Å². The van der Waals surface area contributed by atoms with Crippen molar-refractivity contribution in [3.8, 4) is 6.07 Å². The van der Waals surface area contributed by atoms with Crippen LogP contribution in [0, 0.1) is 16.7 Å². The second-order valence-corrected chi connectivity index (χ2v) is 6.16. The van der Waals surface area contributed by atoms with Crippen molar-refractivity contribution in [2.24, 2.45) is 5.41 Å². The monoisotopic (exact) mass is 275 g/mol. The third-order valence-electron chi connectivity index (χ3n) is 5.05. The predicted molar refractivity (Wildman–Crippen MR) is 68.3 cm³/mol. The highest BCUT2D eigenvalue weighted by Crippen LogP contribution is 2.44. The summed E-state index contributed by atoms with van der Waals surface area (Å²) in [6, 6.07) is 1.91. The number of amides is 3. The Morgan fingerprint density at radius 2 is 1.80 bits per heavy atom. The number of hydrogen-bond donors (Lipinski definition) is 1. The van der Waals surface area contributed by atoms with Crippen LogP contribution in [0.5, 0.6) is 0 Å². The summed E-state index contributed by atoms with van der Waals surface area (Å²) in [5.74, 6) is -0.0510. The van der Waals surface area contributed by atoms with Crippen LogP contribution < -0.4 is 5.32 Å². The molecule has 2 aliphatic carbocycles. The van der Waals surface area contributed by atoms with Crippen molar-refractivity contribution in [2.75, 3.05) is 6.54 Å². The summed E-state index contributed by atoms with van der Waals surface area (Å²) < 4.78 is 0. The molecule has 0 aromatic rings. The molecule has 2 saturated carbocycles. The number of ketones is 1. The number of Topliss-reactive ketones (excluding diaryl/α,β-unsaturated/α-hetero) is 1. The minimum absolute atomic E-state index is 0.177. The van der Waals surface area contributed by atoms with Gasteiger partial charge in [0.15, 0.2) is 0 Å². The highest BCUT2D eigenvalue weighted by atomic mass is 16.2. The normalized spacial score (nSPS) is 27.1. The van der Waals surface area contributed by atoms with Crippen molar-refractivity contribution in [3.05, 3.63) is 0 Å². The third kappa shape index (κ3) is 1.73. The number of hydrogen-bond acceptors (Lipinski definition) is 4. The first-order valence-electron chi connectivity index (χ1n) is 7.07. The minimum atomic E-state index is -0.720. The van der Waals surface area contributed by atoms with E-state index in [9.17, 15) is 19.6 Å². The summed E-state index contributed by atoms with van der Waals surface area (Å²) in [4.78, 5) is 36.9. The van der Waals surface area contributed by atoms with E-state index in [1.54, 1.807) is 4.90 Å². The molecule has 6 nitrogen and oxygen atoms in total. The molecule has 0 aromatic carbocycles. The summed E-state index contributed by atoms with van der Waals surface area (Å²) in [7, 11) is 0. The average Bonchev–Trinajstić information content (AvgIpc) is 2.63. The number of urea groups is 1. The van der Waals surface area contributed by atoms with Crippen LogP contribution in [-0.4, -0.2) is 34.7 Å². The average molecular weight is 275 g/mol. The van der Waals surface area contributed by atoms with Gasteiger partial charge in [0, 0.05) is 19.4 Å². The molecule has 3 amide bonds. The lowest BCUT2D eigenvalue weighted by Gasteiger charge is -2.45. The SMILES string of the molecule is N#CC1(CN2C(=O)NC(=O)C23CCC3)CCC(=O)CC1. The van der Waals surface area contributed by atoms with Crippen molar-refractivity contribution in [1.82, 2.24) is 10.2 Å². The molecule has 0 aromatic heterocycles. The molecule has 0 radical (unpaired) electrons. The van der Waals surface area contributed by atoms with Crippen LogP contribution >= 0.6 is 0 Å². The van der Waals surface area contributed by atoms with Gasteiger partial charge in [0.05, 0.1) is 11.5 Å². The number of nitrogens with zero attached hydrogens (tertiary/aromatic N) is 2. The molecule has 0 unspecified atom stereocenters. The summed E-state index contributed by atoms with van der Waals surface area (Å²) in [6.07, 6.45) is 4.02. The maximum absolute atomic E-state index is 12.0. The number of nitriles is 1. The molecule has 106 valence electrons. The molecule has 1 heterocycles. The Labute approximate surface area is 117 Å². The maximum Gasteiger partial charge on any atom is 0.325 e. The topological polar surface area (TPSA) is 90.3 Å². The lowest BCUT2D eigenvalue weighted by Crippen LogP contribution is -2.57. The van der Waals surface area contributed by atoms with Gasteiger partial charge < -0.3 is 4.90 Å². The zero-order valence-electron chi connectivity index (χ0n) is 11.3. The van der Waals surface area contributed by atoms with Gasteiger partial charge in [-0.2, -0.15) is 5.26 Å². The summed E-state index contributed by atoms with van der Waals surface area (Å²) in [5.41, 5.74) is -1.40. The molecule has 1 N–H and O–H groups in total. The second kappa shape index (κ2) is 4.30. The number of carbonyl (C=O) groups is 3. The van der Waals surface area contributed by atoms with Gasteiger partial charge in [-0.1, -0.05) is 0 Å². The Kier molecular flexibility index (Phi) is 2.82. The Morgan fingerprint density at radius 3 is 2.30 bits per heavy atom. The van der Waals surface area contributed by atoms with Gasteiger partial charge in [-0.15, -0.1) is 0 Å². The van der Waals surface area contributed by atoms with Crippen LogP contribution in [0.3, 0.4) is 0 Å². The number of imide groups is 1. The second-order valence-electron chi connectivity index (χ2n) is 6.16. The highest BCUT2D eigenvalue weighted by Gasteiger charge is 2.58. The summed E-state index contributed by atoms with van der Waals surface area (Å²) in [6.45, 7) is 0.258. The zero-order valence-corrected chi connectivity index (χ0v) is 11.3. The summed E-state index contributed by atoms with van der Waals surface area (Å²) >= 11 is 0. The Hall–Kier alpha value is -1.90. The van der Waals surface area contributed by atoms with E-state index in [-0.39, 0.29) is 24.3 Å². The quantitative estimate of drug-likeness (QED) is 0.764. The molecule has 1 spiro atoms. The van der Waals surface area contributed by atoms with E-state index < -0.39 is 11.0 Å². The predicted octanol–water partition coefficient (Wildman–Crippen LogP) is 1.11. The molecule has 1 aliphatic heterocycles. The van der Waals surface area contributed by atoms with Gasteiger partial charge in [-0.3, -0.25) is 14.9 Å². The fraction of sp³-hybridized carbons (Fsp3) is 0.714. The van der Waals surface area contributed by atoms with E-state index in [1.807, 2.05) is 0 Å². The number of carbonyl (C=O) groups excluding carboxylic acids is 3. The van der Waals surface area contributed by atoms with Gasteiger partial charge in [-0.25, -0.2) is 4.79 Å². The first kappa shape index (κ1) is 13.1. The Bertz CT molecular complexity index is 520. The summed E-state index contributed by atoms with van der Waals surface area (Å²) in [5, 5.41) is 11.9. The smallest absolute Gasteiger partial charge is 0.308 e. The molecule has 20 heavy (non-hydrogen) atoms. The van der Waals surface area contributed by atoms with Gasteiger partial charge >= 0.3 is 6.03 Å². The van der Waals surface area contributed by atoms with Crippen LogP contribution in [0.4, 0.5) is 4.79 Å². The molecular weight excluding hydrogens is 258 g/mol. The van der Waals surface area contributed by atoms with Crippen LogP contribution in [0.2, 0.25) is 0 Å². The van der Waals surface area contributed by atoms with Crippen molar-refractivity contribution in [1.29, 1.82) is 5.26 Å². The molecule has 3 rings (SSSR count). The van der Waals surface area contributed by atoms with Crippen molar-refractivity contribution >= 4 is 17.7 Å². The first-order valence-corrected chi connectivity index (χ1v) is 7.07. The maximum atomic E-state index is 12.0. The lowest BCUT2D eigenvalue weighted by atomic mass is 9.71. The standard InChI is InChI=1S/C14H17N3O3/c15-8-13(6-2-10(18)3-7-13)9-17-12(20)16-11(19)14(17)4-1-5-14/h1-7,9H2,(H,16,19,20). The van der Waals surface area contributed by atoms with Crippen LogP contribution in [0.25, 0.3) is 0 Å². The molecular formula is C14H17N3O3. The van der Waals surface area contributed by atoms with Crippen molar-refractivity contribution in [3.63, 3.8) is 0 Å². The third-order valence-corrected chi connectivity index (χ3v) is 5.05. The van der Waals surface area contributed by atoms with Crippen molar-refractivity contribution in [2.45, 2.75) is 50.5 Å². The van der Waals surface area contributed by atoms with E-state index in [1.165, 1.54) is 0 Å². The van der Waals surface area contributed by atoms with E-state index in [0.717, 1.165) is 6.42 Å². The Morgan fingerprint density at radius 1 is 1.15 bits per heavy atom. The lowest BCUT2D eigenvalue weighted by molar-refractivity contribution is -0.132. The molecule has 3 fully saturated rings. The van der Waals surface area contributed by atoms with Gasteiger partial charge in [0.1, 0.15) is 11.3 Å². The molecule has 1 saturated heterocycles. The largest absolute Gasteiger partial charge is 0.325 e. The fourth-order valence-corrected chi connectivity index (χ4v) is 3.45. The highest BCUT2D eigenvalue weighted by molar-refractivity contribution is 6.07. The zero-order chi connectivity index (χ0) is 14.4. The van der Waals surface area contributed by atoms with E-state index in [4.69, 9.17) is 0 Å². The first-order chi connectivity index (χ1) is 9.51. The number of nitrogens with one attached hydrogen (secondary N) is 1. The van der Waals surface area contributed by atoms with E-state index >= 15 is 0 Å². The molecule has 6 heteroatoms. The molecule has 0 bridgehead atoms. The van der Waals surface area contributed by atoms with Crippen LogP contribution in [-0.2, 0) is 9.59 Å². The van der Waals surface area contributed by atoms with Crippen LogP contribution in [0.1, 0.15) is 44.9 Å². The Balaban J connectivity index is 1.82.